The van der Waals surface area contributed by atoms with Crippen molar-refractivity contribution in [2.45, 2.75) is 19.6 Å². The van der Waals surface area contributed by atoms with E-state index in [1.165, 1.54) is 18.3 Å². The lowest BCUT2D eigenvalue weighted by molar-refractivity contribution is -0.137. The fourth-order valence-corrected chi connectivity index (χ4v) is 2.93. The third kappa shape index (κ3) is 4.89. The first-order chi connectivity index (χ1) is 13.8. The highest BCUT2D eigenvalue weighted by atomic mass is 35.5. The van der Waals surface area contributed by atoms with Crippen LogP contribution in [0.2, 0.25) is 5.02 Å². The Bertz CT molecular complexity index is 1000. The topological polar surface area (TPSA) is 67.0 Å². The fraction of sp³-hybridized carbons (Fsp3) is 0.200. The zero-order chi connectivity index (χ0) is 21.0. The molecule has 0 saturated carbocycles. The number of alkyl halides is 3. The van der Waals surface area contributed by atoms with Crippen molar-refractivity contribution in [1.29, 1.82) is 0 Å². The second-order valence-electron chi connectivity index (χ2n) is 6.11. The van der Waals surface area contributed by atoms with Crippen molar-refractivity contribution in [2.75, 3.05) is 6.61 Å². The predicted molar refractivity (Wildman–Crippen MR) is 103 cm³/mol. The lowest BCUT2D eigenvalue weighted by atomic mass is 10.1. The molecular weight excluding hydrogens is 407 g/mol. The first-order valence-corrected chi connectivity index (χ1v) is 9.07. The first-order valence-electron chi connectivity index (χ1n) is 8.70. The Morgan fingerprint density at radius 1 is 1.21 bits per heavy atom. The minimum atomic E-state index is -4.40. The molecule has 1 amide bonds. The van der Waals surface area contributed by atoms with Gasteiger partial charge in [0, 0.05) is 12.1 Å². The van der Waals surface area contributed by atoms with Gasteiger partial charge in [-0.25, -0.2) is 0 Å². The number of rotatable bonds is 6. The molecule has 0 atom stereocenters. The molecule has 0 bridgehead atoms. The third-order valence-electron chi connectivity index (χ3n) is 4.14. The maximum Gasteiger partial charge on any atom is 0.416 e. The van der Waals surface area contributed by atoms with Gasteiger partial charge >= 0.3 is 6.18 Å². The van der Waals surface area contributed by atoms with Gasteiger partial charge in [0.2, 0.25) is 0 Å². The van der Waals surface area contributed by atoms with Gasteiger partial charge in [-0.1, -0.05) is 23.7 Å². The summed E-state index contributed by atoms with van der Waals surface area (Å²) in [6, 6.07) is 9.71. The summed E-state index contributed by atoms with van der Waals surface area (Å²) >= 11 is 6.20. The maximum atomic E-state index is 12.6. The van der Waals surface area contributed by atoms with Gasteiger partial charge in [0.15, 0.2) is 0 Å². The summed E-state index contributed by atoms with van der Waals surface area (Å²) in [5, 5.41) is 9.76. The number of hydrogen-bond acceptors (Lipinski definition) is 3. The van der Waals surface area contributed by atoms with Gasteiger partial charge in [-0.2, -0.15) is 18.3 Å². The maximum absolute atomic E-state index is 12.6. The molecule has 0 aliphatic carbocycles. The number of carbonyl (C=O) groups excluding carboxylic acids is 1. The molecule has 1 aromatic heterocycles. The Balaban J connectivity index is 1.72. The number of nitrogens with zero attached hydrogens (tertiary/aromatic N) is 1. The standard InChI is InChI=1S/C20H17ClF3N3O2/c1-2-29-17-8-5-13(9-16(17)21)18-15(11-26-27-18)19(28)25-10-12-3-6-14(7-4-12)20(22,23)24/h3-9,11H,2,10H2,1H3,(H,25,28)(H,26,27). The normalized spacial score (nSPS) is 11.3. The molecule has 2 N–H and O–H groups in total. The number of aromatic nitrogens is 2. The van der Waals surface area contributed by atoms with Crippen LogP contribution in [0.3, 0.4) is 0 Å². The average Bonchev–Trinajstić information content (AvgIpc) is 3.17. The summed E-state index contributed by atoms with van der Waals surface area (Å²) in [6.07, 6.45) is -3.02. The van der Waals surface area contributed by atoms with Crippen molar-refractivity contribution in [3.8, 4) is 17.0 Å². The Morgan fingerprint density at radius 2 is 1.93 bits per heavy atom. The molecule has 2 aromatic carbocycles. The van der Waals surface area contributed by atoms with E-state index in [9.17, 15) is 18.0 Å². The molecule has 152 valence electrons. The van der Waals surface area contributed by atoms with E-state index >= 15 is 0 Å². The number of nitrogens with one attached hydrogen (secondary N) is 2. The van der Waals surface area contributed by atoms with Crippen LogP contribution in [0, 0.1) is 0 Å². The van der Waals surface area contributed by atoms with Crippen LogP contribution in [0.25, 0.3) is 11.3 Å². The van der Waals surface area contributed by atoms with E-state index in [0.29, 0.717) is 34.2 Å². The first kappa shape index (κ1) is 20.7. The molecule has 9 heteroatoms. The van der Waals surface area contributed by atoms with Crippen LogP contribution in [0.1, 0.15) is 28.4 Å². The molecule has 0 unspecified atom stereocenters. The Hall–Kier alpha value is -3.00. The van der Waals surface area contributed by atoms with E-state index in [1.807, 2.05) is 6.92 Å². The quantitative estimate of drug-likeness (QED) is 0.581. The number of carbonyl (C=O) groups is 1. The van der Waals surface area contributed by atoms with E-state index in [1.54, 1.807) is 18.2 Å². The molecule has 3 rings (SSSR count). The van der Waals surface area contributed by atoms with Crippen LogP contribution in [0.4, 0.5) is 13.2 Å². The van der Waals surface area contributed by atoms with Gasteiger partial charge in [-0.15, -0.1) is 0 Å². The van der Waals surface area contributed by atoms with Crippen LogP contribution in [-0.2, 0) is 12.7 Å². The van der Waals surface area contributed by atoms with Crippen molar-refractivity contribution in [3.63, 3.8) is 0 Å². The molecular formula is C20H17ClF3N3O2. The predicted octanol–water partition coefficient (Wildman–Crippen LogP) is 5.08. The van der Waals surface area contributed by atoms with Crippen LogP contribution >= 0.6 is 11.6 Å². The molecule has 5 nitrogen and oxygen atoms in total. The van der Waals surface area contributed by atoms with Crippen molar-refractivity contribution in [2.24, 2.45) is 0 Å². The Morgan fingerprint density at radius 3 is 2.55 bits per heavy atom. The van der Waals surface area contributed by atoms with Crippen molar-refractivity contribution in [3.05, 3.63) is 70.4 Å². The number of benzene rings is 2. The number of hydrogen-bond donors (Lipinski definition) is 2. The number of H-pyrrole nitrogens is 1. The molecule has 0 fully saturated rings. The zero-order valence-electron chi connectivity index (χ0n) is 15.3. The smallest absolute Gasteiger partial charge is 0.416 e. The van der Waals surface area contributed by atoms with E-state index in [-0.39, 0.29) is 12.1 Å². The molecule has 0 radical (unpaired) electrons. The second-order valence-corrected chi connectivity index (χ2v) is 6.52. The number of ether oxygens (including phenoxy) is 1. The van der Waals surface area contributed by atoms with Gasteiger partial charge < -0.3 is 10.1 Å². The molecule has 29 heavy (non-hydrogen) atoms. The van der Waals surface area contributed by atoms with E-state index < -0.39 is 17.6 Å². The minimum Gasteiger partial charge on any atom is -0.492 e. The highest BCUT2D eigenvalue weighted by Gasteiger charge is 2.29. The fourth-order valence-electron chi connectivity index (χ4n) is 2.70. The van der Waals surface area contributed by atoms with Gasteiger partial charge in [-0.05, 0) is 42.8 Å². The zero-order valence-corrected chi connectivity index (χ0v) is 16.1. The Labute approximate surface area is 169 Å². The molecule has 0 aliphatic rings. The van der Waals surface area contributed by atoms with Crippen molar-refractivity contribution >= 4 is 17.5 Å². The van der Waals surface area contributed by atoms with Gasteiger partial charge in [-0.3, -0.25) is 9.89 Å². The highest BCUT2D eigenvalue weighted by molar-refractivity contribution is 6.32. The average molecular weight is 424 g/mol. The van der Waals surface area contributed by atoms with Gasteiger partial charge in [0.1, 0.15) is 5.75 Å². The van der Waals surface area contributed by atoms with Crippen molar-refractivity contribution in [1.82, 2.24) is 15.5 Å². The molecule has 0 spiro atoms. The lowest BCUT2D eigenvalue weighted by Crippen LogP contribution is -2.23. The minimum absolute atomic E-state index is 0.0750. The summed E-state index contributed by atoms with van der Waals surface area (Å²) in [5.41, 5.74) is 1.21. The number of amides is 1. The molecule has 3 aromatic rings. The SMILES string of the molecule is CCOc1ccc(-c2[nH]ncc2C(=O)NCc2ccc(C(F)(F)F)cc2)cc1Cl. The Kier molecular flexibility index (Phi) is 6.12. The summed E-state index contributed by atoms with van der Waals surface area (Å²) in [5.74, 6) is 0.115. The van der Waals surface area contributed by atoms with Crippen LogP contribution in [0.5, 0.6) is 5.75 Å². The van der Waals surface area contributed by atoms with E-state index in [2.05, 4.69) is 15.5 Å². The van der Waals surface area contributed by atoms with Crippen LogP contribution in [0.15, 0.2) is 48.7 Å². The van der Waals surface area contributed by atoms with Gasteiger partial charge in [0.05, 0.1) is 34.6 Å². The van der Waals surface area contributed by atoms with E-state index in [4.69, 9.17) is 16.3 Å². The summed E-state index contributed by atoms with van der Waals surface area (Å²) in [7, 11) is 0. The van der Waals surface area contributed by atoms with Crippen molar-refractivity contribution < 1.29 is 22.7 Å². The lowest BCUT2D eigenvalue weighted by Gasteiger charge is -2.10. The number of aromatic amines is 1. The summed E-state index contributed by atoms with van der Waals surface area (Å²) in [4.78, 5) is 12.5. The summed E-state index contributed by atoms with van der Waals surface area (Å²) in [6.45, 7) is 2.39. The second kappa shape index (κ2) is 8.57. The molecule has 1 heterocycles. The highest BCUT2D eigenvalue weighted by Crippen LogP contribution is 2.31. The van der Waals surface area contributed by atoms with Gasteiger partial charge in [0.25, 0.3) is 5.91 Å². The largest absolute Gasteiger partial charge is 0.492 e. The van der Waals surface area contributed by atoms with Crippen LogP contribution in [-0.4, -0.2) is 22.7 Å². The summed E-state index contributed by atoms with van der Waals surface area (Å²) < 4.78 is 43.3. The van der Waals surface area contributed by atoms with E-state index in [0.717, 1.165) is 12.1 Å². The van der Waals surface area contributed by atoms with Crippen LogP contribution < -0.4 is 10.1 Å². The number of halogens is 4. The monoisotopic (exact) mass is 423 g/mol. The molecule has 0 aliphatic heterocycles. The molecule has 0 saturated heterocycles. The third-order valence-corrected chi connectivity index (χ3v) is 4.43.